The monoisotopic (exact) mass is 440 g/mol. The number of piperazine rings is 1. The molecule has 0 amide bonds. The second kappa shape index (κ2) is 8.67. The van der Waals surface area contributed by atoms with E-state index in [1.165, 1.54) is 5.69 Å². The van der Waals surface area contributed by atoms with Gasteiger partial charge in [0, 0.05) is 60.0 Å². The quantitative estimate of drug-likeness (QED) is 0.400. The van der Waals surface area contributed by atoms with Crippen molar-refractivity contribution in [2.75, 3.05) is 38.2 Å². The molecule has 3 N–H and O–H groups in total. The van der Waals surface area contributed by atoms with E-state index in [1.54, 1.807) is 7.11 Å². The number of pyridine rings is 1. The Morgan fingerprint density at radius 1 is 1.00 bits per heavy atom. The van der Waals surface area contributed by atoms with Gasteiger partial charge in [-0.1, -0.05) is 12.1 Å². The highest BCUT2D eigenvalue weighted by molar-refractivity contribution is 6.14. The van der Waals surface area contributed by atoms with Gasteiger partial charge in [-0.3, -0.25) is 5.10 Å². The largest absolute Gasteiger partial charge is 0.497 e. The minimum absolute atomic E-state index is 0.469. The van der Waals surface area contributed by atoms with E-state index in [-0.39, 0.29) is 0 Å². The minimum atomic E-state index is 0.469. The summed E-state index contributed by atoms with van der Waals surface area (Å²) in [4.78, 5) is 7.28. The van der Waals surface area contributed by atoms with E-state index >= 15 is 0 Å². The smallest absolute Gasteiger partial charge is 0.182 e. The number of nitrogens with one attached hydrogen (secondary N) is 3. The van der Waals surface area contributed by atoms with Crippen LogP contribution in [0.1, 0.15) is 18.2 Å². The van der Waals surface area contributed by atoms with E-state index in [9.17, 15) is 0 Å². The first-order valence-electron chi connectivity index (χ1n) is 11.2. The van der Waals surface area contributed by atoms with Gasteiger partial charge in [-0.25, -0.2) is 4.98 Å². The van der Waals surface area contributed by atoms with Gasteiger partial charge in [0.15, 0.2) is 5.65 Å². The predicted molar refractivity (Wildman–Crippen MR) is 134 cm³/mol. The molecule has 1 aliphatic rings. The Kier molecular flexibility index (Phi) is 5.56. The Hall–Kier alpha value is -3.71. The van der Waals surface area contributed by atoms with Crippen molar-refractivity contribution in [2.45, 2.75) is 13.8 Å². The second-order valence-electron chi connectivity index (χ2n) is 8.40. The summed E-state index contributed by atoms with van der Waals surface area (Å²) >= 11 is 0. The maximum atomic E-state index is 8.69. The number of methoxy groups -OCH3 is 1. The summed E-state index contributed by atoms with van der Waals surface area (Å²) in [6.45, 7) is 7.85. The standard InChI is InChI=1S/C26H28N6O/c1-16(27)22-24(18-4-8-20(9-5-18)32-14-12-28-13-15-32)23-17(2)30-31-26(23)29-25(22)19-6-10-21(33-3)11-7-19/h4-11,27-28H,12-15H2,1-3H3,(H,29,30,31). The topological polar surface area (TPSA) is 89.9 Å². The summed E-state index contributed by atoms with van der Waals surface area (Å²) < 4.78 is 5.32. The average Bonchev–Trinajstić information content (AvgIpc) is 3.24. The van der Waals surface area contributed by atoms with Gasteiger partial charge in [-0.2, -0.15) is 5.10 Å². The maximum absolute atomic E-state index is 8.69. The third-order valence-electron chi connectivity index (χ3n) is 6.26. The van der Waals surface area contributed by atoms with Crippen molar-refractivity contribution >= 4 is 22.4 Å². The van der Waals surface area contributed by atoms with Crippen molar-refractivity contribution in [1.29, 1.82) is 5.41 Å². The highest BCUT2D eigenvalue weighted by Crippen LogP contribution is 2.39. The van der Waals surface area contributed by atoms with E-state index in [0.717, 1.165) is 71.0 Å². The SMILES string of the molecule is COc1ccc(-c2nc3n[nH]c(C)c3c(-c3ccc(N4CCNCC4)cc3)c2C(C)=N)cc1. The molecule has 0 radical (unpaired) electrons. The molecule has 168 valence electrons. The number of aromatic amines is 1. The molecule has 0 saturated carbocycles. The van der Waals surface area contributed by atoms with Gasteiger partial charge in [0.25, 0.3) is 0 Å². The zero-order chi connectivity index (χ0) is 22.9. The van der Waals surface area contributed by atoms with Crippen molar-refractivity contribution in [3.8, 4) is 28.1 Å². The zero-order valence-electron chi connectivity index (χ0n) is 19.2. The molecule has 0 atom stereocenters. The van der Waals surface area contributed by atoms with Crippen LogP contribution in [0.4, 0.5) is 5.69 Å². The van der Waals surface area contributed by atoms with E-state index in [1.807, 2.05) is 38.1 Å². The molecule has 0 bridgehead atoms. The number of anilines is 1. The number of rotatable bonds is 5. The Morgan fingerprint density at radius 2 is 1.67 bits per heavy atom. The van der Waals surface area contributed by atoms with Crippen LogP contribution < -0.4 is 15.0 Å². The predicted octanol–water partition coefficient (Wildman–Crippen LogP) is 4.41. The molecule has 1 saturated heterocycles. The summed E-state index contributed by atoms with van der Waals surface area (Å²) in [7, 11) is 1.65. The molecule has 7 nitrogen and oxygen atoms in total. The number of hydrogen-bond acceptors (Lipinski definition) is 6. The molecule has 2 aromatic heterocycles. The van der Waals surface area contributed by atoms with Crippen LogP contribution in [0.25, 0.3) is 33.4 Å². The number of benzene rings is 2. The van der Waals surface area contributed by atoms with Crippen molar-refractivity contribution in [3.63, 3.8) is 0 Å². The molecule has 33 heavy (non-hydrogen) atoms. The van der Waals surface area contributed by atoms with Crippen molar-refractivity contribution in [2.24, 2.45) is 0 Å². The fraction of sp³-hybridized carbons (Fsp3) is 0.269. The number of H-pyrrole nitrogens is 1. The number of aryl methyl sites for hydroxylation is 1. The van der Waals surface area contributed by atoms with E-state index in [0.29, 0.717) is 11.4 Å². The van der Waals surface area contributed by atoms with Crippen LogP contribution in [0.15, 0.2) is 48.5 Å². The summed E-state index contributed by atoms with van der Waals surface area (Å²) in [5.74, 6) is 0.785. The number of fused-ring (bicyclic) bond motifs is 1. The molecular weight excluding hydrogens is 412 g/mol. The summed E-state index contributed by atoms with van der Waals surface area (Å²) in [6, 6.07) is 16.5. The molecule has 0 aliphatic carbocycles. The maximum Gasteiger partial charge on any atom is 0.182 e. The average molecular weight is 441 g/mol. The van der Waals surface area contributed by atoms with Gasteiger partial charge < -0.3 is 20.4 Å². The van der Waals surface area contributed by atoms with Crippen LogP contribution >= 0.6 is 0 Å². The zero-order valence-corrected chi connectivity index (χ0v) is 19.2. The van der Waals surface area contributed by atoms with Gasteiger partial charge in [0.05, 0.1) is 18.2 Å². The Bertz CT molecular complexity index is 1300. The van der Waals surface area contributed by atoms with Crippen LogP contribution in [0.5, 0.6) is 5.75 Å². The lowest BCUT2D eigenvalue weighted by atomic mass is 9.90. The first kappa shape index (κ1) is 21.2. The van der Waals surface area contributed by atoms with E-state index < -0.39 is 0 Å². The van der Waals surface area contributed by atoms with Crippen LogP contribution in [0.2, 0.25) is 0 Å². The first-order chi connectivity index (χ1) is 16.1. The van der Waals surface area contributed by atoms with Gasteiger partial charge in [0.1, 0.15) is 5.75 Å². The molecule has 2 aromatic carbocycles. The van der Waals surface area contributed by atoms with Crippen molar-refractivity contribution in [3.05, 3.63) is 59.8 Å². The second-order valence-corrected chi connectivity index (χ2v) is 8.40. The van der Waals surface area contributed by atoms with Gasteiger partial charge >= 0.3 is 0 Å². The summed E-state index contributed by atoms with van der Waals surface area (Å²) in [6.07, 6.45) is 0. The molecule has 5 rings (SSSR count). The van der Waals surface area contributed by atoms with Crippen molar-refractivity contribution < 1.29 is 4.74 Å². The van der Waals surface area contributed by atoms with Gasteiger partial charge in [-0.05, 0) is 55.8 Å². The third kappa shape index (κ3) is 3.85. The highest BCUT2D eigenvalue weighted by atomic mass is 16.5. The lowest BCUT2D eigenvalue weighted by Gasteiger charge is -2.29. The highest BCUT2D eigenvalue weighted by Gasteiger charge is 2.22. The molecule has 1 fully saturated rings. The number of hydrogen-bond donors (Lipinski definition) is 3. The minimum Gasteiger partial charge on any atom is -0.497 e. The lowest BCUT2D eigenvalue weighted by Crippen LogP contribution is -2.43. The molecule has 1 aliphatic heterocycles. The molecule has 0 unspecified atom stereocenters. The number of aromatic nitrogens is 3. The molecular formula is C26H28N6O. The summed E-state index contributed by atoms with van der Waals surface area (Å²) in [5.41, 5.74) is 7.86. The first-order valence-corrected chi connectivity index (χ1v) is 11.2. The summed E-state index contributed by atoms with van der Waals surface area (Å²) in [5, 5.41) is 20.6. The van der Waals surface area contributed by atoms with E-state index in [4.69, 9.17) is 15.1 Å². The Balaban J connectivity index is 1.70. The third-order valence-corrected chi connectivity index (χ3v) is 6.26. The van der Waals surface area contributed by atoms with Crippen LogP contribution in [-0.4, -0.2) is 54.2 Å². The number of ether oxygens (including phenoxy) is 1. The molecule has 7 heteroatoms. The van der Waals surface area contributed by atoms with Crippen LogP contribution in [0.3, 0.4) is 0 Å². The fourth-order valence-electron chi connectivity index (χ4n) is 4.58. The van der Waals surface area contributed by atoms with Crippen LogP contribution in [0, 0.1) is 12.3 Å². The molecule has 4 aromatic rings. The fourth-order valence-corrected chi connectivity index (χ4v) is 4.58. The molecule has 3 heterocycles. The Morgan fingerprint density at radius 3 is 2.30 bits per heavy atom. The Labute approximate surface area is 193 Å². The normalized spacial score (nSPS) is 14.0. The van der Waals surface area contributed by atoms with Crippen molar-refractivity contribution in [1.82, 2.24) is 20.5 Å². The number of nitrogens with zero attached hydrogens (tertiary/aromatic N) is 3. The van der Waals surface area contributed by atoms with Crippen LogP contribution in [-0.2, 0) is 0 Å². The van der Waals surface area contributed by atoms with E-state index in [2.05, 4.69) is 44.7 Å². The molecule has 0 spiro atoms. The van der Waals surface area contributed by atoms with Gasteiger partial charge in [0.2, 0.25) is 0 Å². The lowest BCUT2D eigenvalue weighted by molar-refractivity contribution is 0.415. The van der Waals surface area contributed by atoms with Gasteiger partial charge in [-0.15, -0.1) is 0 Å².